The van der Waals surface area contributed by atoms with E-state index in [2.05, 4.69) is 29.7 Å². The zero-order valence-electron chi connectivity index (χ0n) is 19.2. The second-order valence-electron chi connectivity index (χ2n) is 8.18. The van der Waals surface area contributed by atoms with Crippen molar-refractivity contribution >= 4 is 35.8 Å². The van der Waals surface area contributed by atoms with Gasteiger partial charge in [-0.3, -0.25) is 4.79 Å². The predicted molar refractivity (Wildman–Crippen MR) is 140 cm³/mol. The molecule has 1 aliphatic rings. The van der Waals surface area contributed by atoms with Gasteiger partial charge in [-0.1, -0.05) is 56.3 Å². The molecule has 1 unspecified atom stereocenters. The van der Waals surface area contributed by atoms with Gasteiger partial charge in [0.15, 0.2) is 5.96 Å². The number of nitrogens with zero attached hydrogens (tertiary/aromatic N) is 2. The molecule has 1 fully saturated rings. The molecule has 1 aliphatic heterocycles. The Labute approximate surface area is 208 Å². The van der Waals surface area contributed by atoms with Crippen LogP contribution in [0.3, 0.4) is 0 Å². The van der Waals surface area contributed by atoms with E-state index < -0.39 is 0 Å². The average molecular weight is 550 g/mol. The Kier molecular flexibility index (Phi) is 10.8. The summed E-state index contributed by atoms with van der Waals surface area (Å²) >= 11 is 0. The highest BCUT2D eigenvalue weighted by Gasteiger charge is 2.27. The van der Waals surface area contributed by atoms with E-state index in [1.54, 1.807) is 0 Å². The van der Waals surface area contributed by atoms with Crippen molar-refractivity contribution in [2.24, 2.45) is 10.9 Å². The smallest absolute Gasteiger partial charge is 0.225 e. The molecular weight excluding hydrogens is 515 g/mol. The number of ether oxygens (including phenoxy) is 1. The third-order valence-corrected chi connectivity index (χ3v) is 5.27. The van der Waals surface area contributed by atoms with Gasteiger partial charge in [0, 0.05) is 31.6 Å². The highest BCUT2D eigenvalue weighted by molar-refractivity contribution is 14.0. The number of benzene rings is 2. The van der Waals surface area contributed by atoms with Crippen molar-refractivity contribution in [2.75, 3.05) is 19.6 Å². The van der Waals surface area contributed by atoms with Crippen molar-refractivity contribution in [1.29, 1.82) is 0 Å². The van der Waals surface area contributed by atoms with Crippen molar-refractivity contribution in [1.82, 2.24) is 15.5 Å². The molecule has 1 heterocycles. The summed E-state index contributed by atoms with van der Waals surface area (Å²) in [7, 11) is 0. The van der Waals surface area contributed by atoms with Gasteiger partial charge in [0.2, 0.25) is 5.91 Å². The van der Waals surface area contributed by atoms with Crippen molar-refractivity contribution in [3.8, 4) is 5.75 Å². The van der Waals surface area contributed by atoms with Crippen LogP contribution in [0.2, 0.25) is 0 Å². The number of guanidine groups is 1. The van der Waals surface area contributed by atoms with Crippen LogP contribution in [-0.4, -0.2) is 42.4 Å². The molecule has 6 nitrogen and oxygen atoms in total. The Morgan fingerprint density at radius 1 is 1.12 bits per heavy atom. The molecule has 3 rings (SSSR count). The lowest BCUT2D eigenvalue weighted by molar-refractivity contribution is -0.133. The Hall–Kier alpha value is -2.29. The van der Waals surface area contributed by atoms with E-state index in [0.29, 0.717) is 13.2 Å². The van der Waals surface area contributed by atoms with Crippen LogP contribution in [-0.2, 0) is 17.9 Å². The third kappa shape index (κ3) is 8.00. The number of hydrogen-bond donors (Lipinski definition) is 2. The van der Waals surface area contributed by atoms with Gasteiger partial charge in [-0.15, -0.1) is 24.0 Å². The van der Waals surface area contributed by atoms with E-state index in [1.807, 2.05) is 61.2 Å². The minimum atomic E-state index is 0. The highest BCUT2D eigenvalue weighted by atomic mass is 127. The normalized spacial score (nSPS) is 15.9. The number of likely N-dealkylation sites (tertiary alicyclic amines) is 1. The summed E-state index contributed by atoms with van der Waals surface area (Å²) in [6.45, 7) is 9.42. The summed E-state index contributed by atoms with van der Waals surface area (Å²) in [5, 5.41) is 6.79. The summed E-state index contributed by atoms with van der Waals surface area (Å²) in [6, 6.07) is 18.4. The van der Waals surface area contributed by atoms with Gasteiger partial charge in [0.1, 0.15) is 12.4 Å². The van der Waals surface area contributed by atoms with Crippen molar-refractivity contribution in [3.05, 3.63) is 65.7 Å². The first-order valence-electron chi connectivity index (χ1n) is 11.1. The molecule has 0 bridgehead atoms. The Morgan fingerprint density at radius 2 is 1.84 bits per heavy atom. The monoisotopic (exact) mass is 550 g/mol. The van der Waals surface area contributed by atoms with Crippen molar-refractivity contribution in [3.63, 3.8) is 0 Å². The number of amides is 1. The lowest BCUT2D eigenvalue weighted by Crippen LogP contribution is -2.45. The van der Waals surface area contributed by atoms with Crippen LogP contribution in [0, 0.1) is 5.92 Å². The summed E-state index contributed by atoms with van der Waals surface area (Å²) in [6.07, 6.45) is 0.941. The standard InChI is InChI=1S/C25H34N4O2.HI/c1-4-26-25(28-22-14-15-29(17-22)24(30)19(2)3)27-16-20-10-12-23(13-11-20)31-18-21-8-6-5-7-9-21;/h5-13,19,22H,4,14-18H2,1-3H3,(H2,26,27,28);1H. The maximum atomic E-state index is 12.2. The van der Waals surface area contributed by atoms with E-state index in [1.165, 1.54) is 0 Å². The van der Waals surface area contributed by atoms with Crippen LogP contribution in [0.15, 0.2) is 59.6 Å². The highest BCUT2D eigenvalue weighted by Crippen LogP contribution is 2.15. The van der Waals surface area contributed by atoms with Gasteiger partial charge < -0.3 is 20.3 Å². The molecule has 1 amide bonds. The van der Waals surface area contributed by atoms with Crippen LogP contribution in [0.1, 0.15) is 38.3 Å². The molecule has 174 valence electrons. The SMILES string of the molecule is CCNC(=NCc1ccc(OCc2ccccc2)cc1)NC1CCN(C(=O)C(C)C)C1.I. The fraction of sp³-hybridized carbons (Fsp3) is 0.440. The fourth-order valence-corrected chi connectivity index (χ4v) is 3.56. The lowest BCUT2D eigenvalue weighted by atomic mass is 10.2. The molecular formula is C25H35IN4O2. The predicted octanol–water partition coefficient (Wildman–Crippen LogP) is 4.20. The Balaban J connectivity index is 0.00000363. The van der Waals surface area contributed by atoms with Crippen LogP contribution < -0.4 is 15.4 Å². The van der Waals surface area contributed by atoms with Crippen molar-refractivity contribution in [2.45, 2.75) is 46.4 Å². The lowest BCUT2D eigenvalue weighted by Gasteiger charge is -2.20. The summed E-state index contributed by atoms with van der Waals surface area (Å²) < 4.78 is 5.85. The van der Waals surface area contributed by atoms with Crippen LogP contribution in [0.5, 0.6) is 5.75 Å². The maximum absolute atomic E-state index is 12.2. The maximum Gasteiger partial charge on any atom is 0.225 e. The molecule has 0 radical (unpaired) electrons. The molecule has 0 spiro atoms. The minimum Gasteiger partial charge on any atom is -0.489 e. The number of hydrogen-bond acceptors (Lipinski definition) is 3. The molecule has 2 N–H and O–H groups in total. The van der Waals surface area contributed by atoms with E-state index in [0.717, 1.165) is 48.9 Å². The van der Waals surface area contributed by atoms with Gasteiger partial charge in [-0.05, 0) is 36.6 Å². The van der Waals surface area contributed by atoms with E-state index in [9.17, 15) is 4.79 Å². The number of nitrogens with one attached hydrogen (secondary N) is 2. The molecule has 1 saturated heterocycles. The quantitative estimate of drug-likeness (QED) is 0.294. The zero-order chi connectivity index (χ0) is 22.1. The number of carbonyl (C=O) groups excluding carboxylic acids is 1. The Bertz CT molecular complexity index is 856. The topological polar surface area (TPSA) is 66.0 Å². The number of halogens is 1. The second-order valence-corrected chi connectivity index (χ2v) is 8.18. The molecule has 2 aromatic carbocycles. The zero-order valence-corrected chi connectivity index (χ0v) is 21.5. The number of carbonyl (C=O) groups is 1. The van der Waals surface area contributed by atoms with Crippen LogP contribution in [0.25, 0.3) is 0 Å². The van der Waals surface area contributed by atoms with Gasteiger partial charge in [-0.25, -0.2) is 4.99 Å². The van der Waals surface area contributed by atoms with E-state index in [-0.39, 0.29) is 41.8 Å². The molecule has 32 heavy (non-hydrogen) atoms. The van der Waals surface area contributed by atoms with Gasteiger partial charge >= 0.3 is 0 Å². The van der Waals surface area contributed by atoms with E-state index in [4.69, 9.17) is 9.73 Å². The molecule has 0 aromatic heterocycles. The molecule has 7 heteroatoms. The first kappa shape index (κ1) is 26.0. The second kappa shape index (κ2) is 13.3. The Morgan fingerprint density at radius 3 is 2.50 bits per heavy atom. The fourth-order valence-electron chi connectivity index (χ4n) is 3.56. The van der Waals surface area contributed by atoms with Crippen molar-refractivity contribution < 1.29 is 9.53 Å². The number of aliphatic imine (C=N–C) groups is 1. The first-order valence-corrected chi connectivity index (χ1v) is 11.1. The molecule has 0 aliphatic carbocycles. The summed E-state index contributed by atoms with van der Waals surface area (Å²) in [5.41, 5.74) is 2.27. The summed E-state index contributed by atoms with van der Waals surface area (Å²) in [5.74, 6) is 1.90. The molecule has 0 saturated carbocycles. The van der Waals surface area contributed by atoms with E-state index >= 15 is 0 Å². The largest absolute Gasteiger partial charge is 0.489 e. The third-order valence-electron chi connectivity index (χ3n) is 5.27. The van der Waals surface area contributed by atoms with Crippen LogP contribution in [0.4, 0.5) is 0 Å². The molecule has 1 atom stereocenters. The summed E-state index contributed by atoms with van der Waals surface area (Å²) in [4.78, 5) is 18.9. The van der Waals surface area contributed by atoms with Gasteiger partial charge in [0.05, 0.1) is 6.54 Å². The number of rotatable bonds is 8. The first-order chi connectivity index (χ1) is 15.0. The van der Waals surface area contributed by atoms with Gasteiger partial charge in [0.25, 0.3) is 0 Å². The molecule has 2 aromatic rings. The average Bonchev–Trinajstić information content (AvgIpc) is 3.25. The van der Waals surface area contributed by atoms with Gasteiger partial charge in [-0.2, -0.15) is 0 Å². The minimum absolute atomic E-state index is 0. The van der Waals surface area contributed by atoms with Crippen LogP contribution >= 0.6 is 24.0 Å².